The molecule has 0 amide bonds. The van der Waals surface area contributed by atoms with E-state index in [1.165, 1.54) is 23.5 Å². The van der Waals surface area contributed by atoms with Crippen LogP contribution < -0.4 is 5.11 Å². The van der Waals surface area contributed by atoms with Gasteiger partial charge in [-0.25, -0.2) is 4.39 Å². The van der Waals surface area contributed by atoms with E-state index in [1.54, 1.807) is 16.7 Å². The highest BCUT2D eigenvalue weighted by molar-refractivity contribution is 9.10. The molecule has 0 aliphatic carbocycles. The Labute approximate surface area is 132 Å². The Bertz CT molecular complexity index is 836. The average Bonchev–Trinajstić information content (AvgIpc) is 2.91. The zero-order chi connectivity index (χ0) is 15.1. The largest absolute Gasteiger partial charge is 0.543 e. The number of aromatic carboxylic acids is 1. The third-order valence-electron chi connectivity index (χ3n) is 3.25. The van der Waals surface area contributed by atoms with Crippen LogP contribution in [0.2, 0.25) is 0 Å². The lowest BCUT2D eigenvalue weighted by molar-refractivity contribution is -0.255. The molecule has 21 heavy (non-hydrogen) atoms. The third kappa shape index (κ3) is 2.49. The fourth-order valence-corrected chi connectivity index (χ4v) is 4.12. The van der Waals surface area contributed by atoms with Crippen molar-refractivity contribution in [1.82, 2.24) is 4.57 Å². The predicted octanol–water partition coefficient (Wildman–Crippen LogP) is 3.32. The van der Waals surface area contributed by atoms with Gasteiger partial charge in [0.1, 0.15) is 5.82 Å². The van der Waals surface area contributed by atoms with Crippen molar-refractivity contribution in [2.24, 2.45) is 0 Å². The quantitative estimate of drug-likeness (QED) is 0.713. The van der Waals surface area contributed by atoms with E-state index >= 15 is 0 Å². The summed E-state index contributed by atoms with van der Waals surface area (Å²) in [4.78, 5) is 12.5. The molecular weight excluding hydrogens is 357 g/mol. The zero-order valence-corrected chi connectivity index (χ0v) is 13.4. The summed E-state index contributed by atoms with van der Waals surface area (Å²) in [5, 5.41) is 11.4. The molecule has 6 heteroatoms. The number of rotatable bonds is 3. The standard InChI is InChI=1S/C15H11BrFNO2S/c1-8-6-11-14(21-8)12(16)13(15(19)20)18(11)7-9-2-4-10(17)5-3-9/h2-6H,7H2,1H3,(H,19,20)/p-1. The molecule has 0 saturated carbocycles. The monoisotopic (exact) mass is 366 g/mol. The van der Waals surface area contributed by atoms with Crippen molar-refractivity contribution in [3.63, 3.8) is 0 Å². The number of halogens is 2. The van der Waals surface area contributed by atoms with Crippen LogP contribution in [0.1, 0.15) is 20.9 Å². The van der Waals surface area contributed by atoms with Crippen molar-refractivity contribution in [3.05, 3.63) is 56.8 Å². The molecule has 0 bridgehead atoms. The first-order valence-corrected chi connectivity index (χ1v) is 7.82. The summed E-state index contributed by atoms with van der Waals surface area (Å²) in [6, 6.07) is 7.96. The number of carboxylic acids is 1. The van der Waals surface area contributed by atoms with E-state index in [2.05, 4.69) is 15.9 Å². The minimum Gasteiger partial charge on any atom is -0.543 e. The number of hydrogen-bond donors (Lipinski definition) is 0. The van der Waals surface area contributed by atoms with Crippen LogP contribution in [0.5, 0.6) is 0 Å². The second-order valence-electron chi connectivity index (χ2n) is 4.73. The summed E-state index contributed by atoms with van der Waals surface area (Å²) in [7, 11) is 0. The molecular formula is C15H10BrFNO2S-. The summed E-state index contributed by atoms with van der Waals surface area (Å²) < 4.78 is 16.1. The maximum Gasteiger partial charge on any atom is 0.123 e. The third-order valence-corrected chi connectivity index (χ3v) is 5.34. The number of carboxylic acid groups (broad SMARTS) is 1. The molecule has 0 aliphatic heterocycles. The van der Waals surface area contributed by atoms with Gasteiger partial charge in [-0.05, 0) is 46.6 Å². The van der Waals surface area contributed by atoms with E-state index in [9.17, 15) is 14.3 Å². The maximum atomic E-state index is 13.0. The van der Waals surface area contributed by atoms with E-state index < -0.39 is 5.97 Å². The topological polar surface area (TPSA) is 45.1 Å². The van der Waals surface area contributed by atoms with Crippen molar-refractivity contribution in [1.29, 1.82) is 0 Å². The highest BCUT2D eigenvalue weighted by atomic mass is 79.9. The van der Waals surface area contributed by atoms with Gasteiger partial charge in [0.2, 0.25) is 0 Å². The highest BCUT2D eigenvalue weighted by Gasteiger charge is 2.18. The molecule has 0 aliphatic rings. The normalized spacial score (nSPS) is 11.2. The first kappa shape index (κ1) is 14.3. The molecule has 108 valence electrons. The Kier molecular flexibility index (Phi) is 3.59. The molecule has 0 N–H and O–H groups in total. The van der Waals surface area contributed by atoms with Crippen molar-refractivity contribution in [2.45, 2.75) is 13.5 Å². The number of benzene rings is 1. The Morgan fingerprint density at radius 2 is 2.05 bits per heavy atom. The van der Waals surface area contributed by atoms with Gasteiger partial charge in [0.05, 0.1) is 26.4 Å². The van der Waals surface area contributed by atoms with E-state index in [0.717, 1.165) is 20.7 Å². The van der Waals surface area contributed by atoms with Crippen LogP contribution in [0.25, 0.3) is 10.2 Å². The lowest BCUT2D eigenvalue weighted by Gasteiger charge is -2.11. The van der Waals surface area contributed by atoms with Gasteiger partial charge < -0.3 is 14.5 Å². The molecule has 2 aromatic heterocycles. The Morgan fingerprint density at radius 3 is 2.67 bits per heavy atom. The SMILES string of the molecule is Cc1cc2c(s1)c(Br)c(C(=O)[O-])n2Cc1ccc(F)cc1. The second kappa shape index (κ2) is 5.27. The Morgan fingerprint density at radius 1 is 1.38 bits per heavy atom. The number of thiophene rings is 1. The summed E-state index contributed by atoms with van der Waals surface area (Å²) in [5.74, 6) is -1.55. The zero-order valence-electron chi connectivity index (χ0n) is 11.0. The van der Waals surface area contributed by atoms with Gasteiger partial charge >= 0.3 is 0 Å². The summed E-state index contributed by atoms with van der Waals surface area (Å²) in [6.07, 6.45) is 0. The lowest BCUT2D eigenvalue weighted by Crippen LogP contribution is -2.26. The van der Waals surface area contributed by atoms with Gasteiger partial charge in [-0.1, -0.05) is 12.1 Å². The van der Waals surface area contributed by atoms with Gasteiger partial charge in [0, 0.05) is 11.4 Å². The van der Waals surface area contributed by atoms with Crippen molar-refractivity contribution in [2.75, 3.05) is 0 Å². The van der Waals surface area contributed by atoms with Crippen LogP contribution in [-0.4, -0.2) is 10.5 Å². The van der Waals surface area contributed by atoms with Crippen LogP contribution in [0.4, 0.5) is 4.39 Å². The molecule has 1 aromatic carbocycles. The van der Waals surface area contributed by atoms with Crippen LogP contribution in [0.15, 0.2) is 34.8 Å². The van der Waals surface area contributed by atoms with Gasteiger partial charge in [-0.2, -0.15) is 0 Å². The fourth-order valence-electron chi connectivity index (χ4n) is 2.34. The first-order valence-electron chi connectivity index (χ1n) is 6.21. The summed E-state index contributed by atoms with van der Waals surface area (Å²) in [5.41, 5.74) is 1.78. The molecule has 0 atom stereocenters. The average molecular weight is 367 g/mol. The van der Waals surface area contributed by atoms with Crippen molar-refractivity contribution < 1.29 is 14.3 Å². The molecule has 3 aromatic rings. The minimum atomic E-state index is -1.23. The van der Waals surface area contributed by atoms with Gasteiger partial charge in [-0.3, -0.25) is 0 Å². The summed E-state index contributed by atoms with van der Waals surface area (Å²) in [6.45, 7) is 2.32. The Hall–Kier alpha value is -1.66. The molecule has 0 fully saturated rings. The molecule has 0 unspecified atom stereocenters. The highest BCUT2D eigenvalue weighted by Crippen LogP contribution is 2.37. The number of fused-ring (bicyclic) bond motifs is 1. The van der Waals surface area contributed by atoms with Crippen LogP contribution >= 0.6 is 27.3 Å². The van der Waals surface area contributed by atoms with E-state index in [-0.39, 0.29) is 11.5 Å². The van der Waals surface area contributed by atoms with Gasteiger partial charge in [-0.15, -0.1) is 11.3 Å². The maximum absolute atomic E-state index is 13.0. The van der Waals surface area contributed by atoms with Crippen LogP contribution in [0.3, 0.4) is 0 Å². The minimum absolute atomic E-state index is 0.112. The van der Waals surface area contributed by atoms with Crippen molar-refractivity contribution >= 4 is 43.5 Å². The summed E-state index contributed by atoms with van der Waals surface area (Å²) >= 11 is 4.88. The Balaban J connectivity index is 2.17. The number of aryl methyl sites for hydroxylation is 1. The first-order chi connectivity index (χ1) is 9.97. The number of carbonyl (C=O) groups is 1. The number of carbonyl (C=O) groups excluding carboxylic acids is 1. The predicted molar refractivity (Wildman–Crippen MR) is 82.1 cm³/mol. The van der Waals surface area contributed by atoms with Crippen LogP contribution in [0, 0.1) is 12.7 Å². The van der Waals surface area contributed by atoms with E-state index in [1.807, 2.05) is 13.0 Å². The molecule has 3 rings (SSSR count). The fraction of sp³-hybridized carbons (Fsp3) is 0.133. The molecule has 0 saturated heterocycles. The molecule has 2 heterocycles. The van der Waals surface area contributed by atoms with Gasteiger partial charge in [0.25, 0.3) is 0 Å². The second-order valence-corrected chi connectivity index (χ2v) is 6.78. The van der Waals surface area contributed by atoms with Gasteiger partial charge in [0.15, 0.2) is 0 Å². The number of nitrogens with zero attached hydrogens (tertiary/aromatic N) is 1. The molecule has 0 spiro atoms. The van der Waals surface area contributed by atoms with E-state index in [4.69, 9.17) is 0 Å². The smallest absolute Gasteiger partial charge is 0.123 e. The van der Waals surface area contributed by atoms with E-state index in [0.29, 0.717) is 11.0 Å². The number of aromatic nitrogens is 1. The lowest BCUT2D eigenvalue weighted by atomic mass is 10.2. The number of hydrogen-bond acceptors (Lipinski definition) is 3. The molecule has 3 nitrogen and oxygen atoms in total. The van der Waals surface area contributed by atoms with Crippen LogP contribution in [-0.2, 0) is 6.54 Å². The van der Waals surface area contributed by atoms with Crippen molar-refractivity contribution in [3.8, 4) is 0 Å². The molecule has 0 radical (unpaired) electrons.